The van der Waals surface area contributed by atoms with Crippen LogP contribution in [0.4, 0.5) is 30.6 Å². The first-order chi connectivity index (χ1) is 12.0. The second-order valence-electron chi connectivity index (χ2n) is 6.19. The quantitative estimate of drug-likeness (QED) is 0.842. The van der Waals surface area contributed by atoms with Crippen molar-refractivity contribution >= 4 is 17.5 Å². The lowest BCUT2D eigenvalue weighted by molar-refractivity contribution is -0.137. The van der Waals surface area contributed by atoms with Gasteiger partial charge in [-0.1, -0.05) is 6.92 Å². The van der Waals surface area contributed by atoms with E-state index in [1.54, 1.807) is 6.20 Å². The molecule has 1 aromatic carbocycles. The van der Waals surface area contributed by atoms with Gasteiger partial charge < -0.3 is 10.2 Å². The third kappa shape index (κ3) is 4.21. The molecule has 1 unspecified atom stereocenters. The normalized spacial score (nSPS) is 18.2. The van der Waals surface area contributed by atoms with Gasteiger partial charge in [-0.15, -0.1) is 0 Å². The second kappa shape index (κ2) is 7.29. The van der Waals surface area contributed by atoms with Gasteiger partial charge in [0.15, 0.2) is 0 Å². The molecular formula is C18H21F3N4. The first-order valence-electron chi connectivity index (χ1n) is 8.51. The Morgan fingerprint density at radius 1 is 1.16 bits per heavy atom. The standard InChI is InChI=1S/C18H21F3N4/c1-2-15-5-3-4-12-25(15)16-10-11-22-17(24-16)23-14-8-6-13(7-9-14)18(19,20)21/h6-11,15H,2-5,12H2,1H3,(H,22,23,24). The minimum atomic E-state index is -4.33. The molecule has 1 atom stereocenters. The van der Waals surface area contributed by atoms with Gasteiger partial charge in [0.2, 0.25) is 5.95 Å². The maximum atomic E-state index is 12.6. The summed E-state index contributed by atoms with van der Waals surface area (Å²) in [7, 11) is 0. The Bertz CT molecular complexity index is 700. The topological polar surface area (TPSA) is 41.1 Å². The summed E-state index contributed by atoms with van der Waals surface area (Å²) >= 11 is 0. The van der Waals surface area contributed by atoms with Gasteiger partial charge in [0.1, 0.15) is 5.82 Å². The highest BCUT2D eigenvalue weighted by atomic mass is 19.4. The van der Waals surface area contributed by atoms with Crippen LogP contribution in [0.15, 0.2) is 36.5 Å². The van der Waals surface area contributed by atoms with Crippen LogP contribution in [-0.2, 0) is 6.18 Å². The minimum Gasteiger partial charge on any atom is -0.353 e. The highest BCUT2D eigenvalue weighted by molar-refractivity contribution is 5.55. The fourth-order valence-corrected chi connectivity index (χ4v) is 3.17. The zero-order chi connectivity index (χ0) is 17.9. The Hall–Kier alpha value is -2.31. The van der Waals surface area contributed by atoms with E-state index in [0.29, 0.717) is 17.7 Å². The molecule has 1 fully saturated rings. The van der Waals surface area contributed by atoms with Crippen LogP contribution in [0.3, 0.4) is 0 Å². The van der Waals surface area contributed by atoms with E-state index < -0.39 is 11.7 Å². The van der Waals surface area contributed by atoms with Gasteiger partial charge in [-0.05, 0) is 56.0 Å². The molecule has 4 nitrogen and oxygen atoms in total. The van der Waals surface area contributed by atoms with E-state index in [9.17, 15) is 13.2 Å². The van der Waals surface area contributed by atoms with E-state index in [1.807, 2.05) is 6.07 Å². The third-order valence-electron chi connectivity index (χ3n) is 4.50. The summed E-state index contributed by atoms with van der Waals surface area (Å²) in [6.07, 6.45) is 1.93. The van der Waals surface area contributed by atoms with E-state index in [0.717, 1.165) is 43.8 Å². The summed E-state index contributed by atoms with van der Waals surface area (Å²) in [6.45, 7) is 3.14. The predicted octanol–water partition coefficient (Wildman–Crippen LogP) is 5.01. The van der Waals surface area contributed by atoms with Crippen molar-refractivity contribution in [2.24, 2.45) is 0 Å². The van der Waals surface area contributed by atoms with Crippen molar-refractivity contribution in [1.29, 1.82) is 0 Å². The molecule has 25 heavy (non-hydrogen) atoms. The Labute approximate surface area is 145 Å². The SMILES string of the molecule is CCC1CCCCN1c1ccnc(Nc2ccc(C(F)(F)F)cc2)n1. The third-order valence-corrected chi connectivity index (χ3v) is 4.50. The van der Waals surface area contributed by atoms with Crippen molar-refractivity contribution in [3.8, 4) is 0 Å². The molecule has 1 aliphatic heterocycles. The van der Waals surface area contributed by atoms with E-state index in [4.69, 9.17) is 0 Å². The van der Waals surface area contributed by atoms with Crippen molar-refractivity contribution in [2.45, 2.75) is 44.8 Å². The van der Waals surface area contributed by atoms with Crippen LogP contribution in [0.25, 0.3) is 0 Å². The summed E-state index contributed by atoms with van der Waals surface area (Å²) in [5.41, 5.74) is -0.150. The molecule has 134 valence electrons. The summed E-state index contributed by atoms with van der Waals surface area (Å²) in [5, 5.41) is 2.98. The highest BCUT2D eigenvalue weighted by Crippen LogP contribution is 2.30. The van der Waals surface area contributed by atoms with E-state index >= 15 is 0 Å². The number of piperidine rings is 1. The molecule has 3 rings (SSSR count). The summed E-state index contributed by atoms with van der Waals surface area (Å²) in [5.74, 6) is 1.24. The summed E-state index contributed by atoms with van der Waals surface area (Å²) < 4.78 is 37.9. The first kappa shape index (κ1) is 17.5. The maximum absolute atomic E-state index is 12.6. The lowest BCUT2D eigenvalue weighted by atomic mass is 10.0. The minimum absolute atomic E-state index is 0.387. The molecule has 1 saturated heterocycles. The molecule has 0 saturated carbocycles. The van der Waals surface area contributed by atoms with Gasteiger partial charge in [0.25, 0.3) is 0 Å². The van der Waals surface area contributed by atoms with Crippen molar-refractivity contribution in [3.05, 3.63) is 42.1 Å². The number of alkyl halides is 3. The number of aromatic nitrogens is 2. The summed E-state index contributed by atoms with van der Waals surface area (Å²) in [6, 6.07) is 7.21. The molecule has 1 aliphatic rings. The predicted molar refractivity (Wildman–Crippen MR) is 92.0 cm³/mol. The smallest absolute Gasteiger partial charge is 0.353 e. The number of rotatable bonds is 4. The fourth-order valence-electron chi connectivity index (χ4n) is 3.17. The van der Waals surface area contributed by atoms with Crippen LogP contribution in [-0.4, -0.2) is 22.6 Å². The van der Waals surface area contributed by atoms with Crippen LogP contribution in [0.5, 0.6) is 0 Å². The van der Waals surface area contributed by atoms with Crippen LogP contribution in [0.1, 0.15) is 38.2 Å². The Balaban J connectivity index is 1.75. The molecule has 0 spiro atoms. The summed E-state index contributed by atoms with van der Waals surface area (Å²) in [4.78, 5) is 11.0. The van der Waals surface area contributed by atoms with Gasteiger partial charge in [-0.3, -0.25) is 0 Å². The van der Waals surface area contributed by atoms with Gasteiger partial charge in [0, 0.05) is 24.5 Å². The number of nitrogens with one attached hydrogen (secondary N) is 1. The van der Waals surface area contributed by atoms with E-state index in [2.05, 4.69) is 27.1 Å². The molecule has 7 heteroatoms. The number of halogens is 3. The van der Waals surface area contributed by atoms with Crippen LogP contribution in [0, 0.1) is 0 Å². The molecule has 2 aromatic rings. The number of hydrogen-bond donors (Lipinski definition) is 1. The Kier molecular flexibility index (Phi) is 5.11. The first-order valence-corrected chi connectivity index (χ1v) is 8.51. The molecule has 0 amide bonds. The number of anilines is 3. The molecule has 0 aliphatic carbocycles. The Morgan fingerprint density at radius 2 is 1.92 bits per heavy atom. The number of hydrogen-bond acceptors (Lipinski definition) is 4. The van der Waals surface area contributed by atoms with Gasteiger partial charge in [0.05, 0.1) is 5.56 Å². The molecular weight excluding hydrogens is 329 g/mol. The molecule has 0 bridgehead atoms. The lowest BCUT2D eigenvalue weighted by Gasteiger charge is -2.36. The largest absolute Gasteiger partial charge is 0.416 e. The zero-order valence-corrected chi connectivity index (χ0v) is 14.1. The van der Waals surface area contributed by atoms with E-state index in [1.165, 1.54) is 18.6 Å². The van der Waals surface area contributed by atoms with Gasteiger partial charge in [-0.2, -0.15) is 18.2 Å². The molecule has 1 N–H and O–H groups in total. The highest BCUT2D eigenvalue weighted by Gasteiger charge is 2.30. The fraction of sp³-hybridized carbons (Fsp3) is 0.444. The van der Waals surface area contributed by atoms with Crippen LogP contribution >= 0.6 is 0 Å². The lowest BCUT2D eigenvalue weighted by Crippen LogP contribution is -2.39. The zero-order valence-electron chi connectivity index (χ0n) is 14.1. The van der Waals surface area contributed by atoms with E-state index in [-0.39, 0.29) is 0 Å². The van der Waals surface area contributed by atoms with Crippen molar-refractivity contribution in [3.63, 3.8) is 0 Å². The molecule has 0 radical (unpaired) electrons. The van der Waals surface area contributed by atoms with Gasteiger partial charge >= 0.3 is 6.18 Å². The monoisotopic (exact) mass is 350 g/mol. The molecule has 1 aromatic heterocycles. The van der Waals surface area contributed by atoms with Gasteiger partial charge in [-0.25, -0.2) is 4.98 Å². The Morgan fingerprint density at radius 3 is 2.60 bits per heavy atom. The van der Waals surface area contributed by atoms with Crippen LogP contribution < -0.4 is 10.2 Å². The van der Waals surface area contributed by atoms with Crippen molar-refractivity contribution in [1.82, 2.24) is 9.97 Å². The van der Waals surface area contributed by atoms with Crippen molar-refractivity contribution < 1.29 is 13.2 Å². The molecule has 2 heterocycles. The number of nitrogens with zero attached hydrogens (tertiary/aromatic N) is 3. The average Bonchev–Trinajstić information content (AvgIpc) is 2.61. The van der Waals surface area contributed by atoms with Crippen molar-refractivity contribution in [2.75, 3.05) is 16.8 Å². The van der Waals surface area contributed by atoms with Crippen LogP contribution in [0.2, 0.25) is 0 Å². The number of benzene rings is 1. The average molecular weight is 350 g/mol. The second-order valence-corrected chi connectivity index (χ2v) is 6.19. The maximum Gasteiger partial charge on any atom is 0.416 e.